The molecule has 0 saturated carbocycles. The van der Waals surface area contributed by atoms with Crippen molar-refractivity contribution in [3.63, 3.8) is 0 Å². The van der Waals surface area contributed by atoms with E-state index in [-0.39, 0.29) is 34.8 Å². The van der Waals surface area contributed by atoms with E-state index >= 15 is 0 Å². The van der Waals surface area contributed by atoms with Gasteiger partial charge in [-0.3, -0.25) is 4.79 Å². The number of carbonyl (C=O) groups excluding carboxylic acids is 1. The molecular formula is C39H35ClFNO4. The van der Waals surface area contributed by atoms with Crippen molar-refractivity contribution in [2.75, 3.05) is 0 Å². The van der Waals surface area contributed by atoms with Crippen LogP contribution in [0.5, 0.6) is 5.75 Å². The minimum absolute atomic E-state index is 0.00827. The number of hydrogen-bond donors (Lipinski definition) is 2. The van der Waals surface area contributed by atoms with Gasteiger partial charge in [0, 0.05) is 6.42 Å². The van der Waals surface area contributed by atoms with Gasteiger partial charge in [0.2, 0.25) is 0 Å². The van der Waals surface area contributed by atoms with Crippen LogP contribution in [0.2, 0.25) is 5.02 Å². The summed E-state index contributed by atoms with van der Waals surface area (Å²) in [6.07, 6.45) is 0.0831. The molecule has 5 aromatic rings. The maximum atomic E-state index is 13.9. The molecule has 5 nitrogen and oxygen atoms in total. The highest BCUT2D eigenvalue weighted by atomic mass is 35.5. The van der Waals surface area contributed by atoms with Crippen LogP contribution in [0, 0.1) is 5.82 Å². The lowest BCUT2D eigenvalue weighted by Gasteiger charge is -2.20. The van der Waals surface area contributed by atoms with Crippen molar-refractivity contribution >= 4 is 23.5 Å². The van der Waals surface area contributed by atoms with E-state index in [2.05, 4.69) is 38.2 Å². The SMILES string of the molecule is CC(C)(C)c1ccc(COc2ccc(-c3ccc(F)c(Cl)c3)cc2C(=O)N[C@@H](Cc2ccc(-c3ccccc3)cc2)C(=O)O)cc1. The molecule has 0 aliphatic carbocycles. The van der Waals surface area contributed by atoms with E-state index in [1.54, 1.807) is 24.3 Å². The number of nitrogens with one attached hydrogen (secondary N) is 1. The van der Waals surface area contributed by atoms with Gasteiger partial charge in [-0.1, -0.05) is 123 Å². The second kappa shape index (κ2) is 14.0. The highest BCUT2D eigenvalue weighted by Crippen LogP contribution is 2.31. The Labute approximate surface area is 273 Å². The predicted molar refractivity (Wildman–Crippen MR) is 181 cm³/mol. The molecule has 46 heavy (non-hydrogen) atoms. The van der Waals surface area contributed by atoms with Gasteiger partial charge in [0.1, 0.15) is 24.2 Å². The van der Waals surface area contributed by atoms with Crippen LogP contribution in [-0.4, -0.2) is 23.0 Å². The quantitative estimate of drug-likeness (QED) is 0.160. The standard InChI is InChI=1S/C39H35ClFNO4/c1-39(2,3)31-17-11-26(12-18-31)24-46-36-20-16-29(30-15-19-34(41)33(40)23-30)22-32(36)37(43)42-35(38(44)45)21-25-9-13-28(14-10-25)27-7-5-4-6-8-27/h4-20,22-23,35H,21,24H2,1-3H3,(H,42,43)(H,44,45)/t35-/m0/s1. The average molecular weight is 636 g/mol. The third-order valence-electron chi connectivity index (χ3n) is 7.80. The Bertz CT molecular complexity index is 1830. The topological polar surface area (TPSA) is 75.6 Å². The molecule has 7 heteroatoms. The molecule has 0 aromatic heterocycles. The maximum absolute atomic E-state index is 13.9. The van der Waals surface area contributed by atoms with Crippen LogP contribution in [0.4, 0.5) is 4.39 Å². The monoisotopic (exact) mass is 635 g/mol. The first kappa shape index (κ1) is 32.5. The van der Waals surface area contributed by atoms with E-state index in [1.165, 1.54) is 17.7 Å². The number of carbonyl (C=O) groups is 2. The summed E-state index contributed by atoms with van der Waals surface area (Å²) in [7, 11) is 0. The second-order valence-electron chi connectivity index (χ2n) is 12.2. The van der Waals surface area contributed by atoms with E-state index in [9.17, 15) is 19.1 Å². The van der Waals surface area contributed by atoms with Gasteiger partial charge in [0.15, 0.2) is 0 Å². The van der Waals surface area contributed by atoms with Crippen LogP contribution in [0.15, 0.2) is 115 Å². The van der Waals surface area contributed by atoms with E-state index in [0.717, 1.165) is 22.3 Å². The smallest absolute Gasteiger partial charge is 0.326 e. The first-order valence-corrected chi connectivity index (χ1v) is 15.4. The predicted octanol–water partition coefficient (Wildman–Crippen LogP) is 9.12. The molecule has 0 saturated heterocycles. The zero-order valence-corrected chi connectivity index (χ0v) is 26.6. The normalized spacial score (nSPS) is 11.9. The fraction of sp³-hybridized carbons (Fsp3) is 0.179. The molecule has 0 bridgehead atoms. The average Bonchev–Trinajstić information content (AvgIpc) is 3.05. The van der Waals surface area contributed by atoms with Gasteiger partial charge in [-0.15, -0.1) is 0 Å². The Morgan fingerprint density at radius 3 is 2.00 bits per heavy atom. The van der Waals surface area contributed by atoms with Gasteiger partial charge in [-0.05, 0) is 68.6 Å². The first-order chi connectivity index (χ1) is 22.0. The molecule has 1 atom stereocenters. The Morgan fingerprint density at radius 1 is 0.783 bits per heavy atom. The largest absolute Gasteiger partial charge is 0.488 e. The Hall–Kier alpha value is -4.94. The highest BCUT2D eigenvalue weighted by molar-refractivity contribution is 6.31. The van der Waals surface area contributed by atoms with E-state index in [4.69, 9.17) is 16.3 Å². The van der Waals surface area contributed by atoms with Crippen LogP contribution in [-0.2, 0) is 23.2 Å². The van der Waals surface area contributed by atoms with Gasteiger partial charge in [0.05, 0.1) is 10.6 Å². The van der Waals surface area contributed by atoms with Gasteiger partial charge in [-0.2, -0.15) is 0 Å². The first-order valence-electron chi connectivity index (χ1n) is 15.0. The molecule has 1 amide bonds. The number of aliphatic carboxylic acids is 1. The summed E-state index contributed by atoms with van der Waals surface area (Å²) in [5.41, 5.74) is 6.27. The van der Waals surface area contributed by atoms with Gasteiger partial charge >= 0.3 is 5.97 Å². The third kappa shape index (κ3) is 8.01. The van der Waals surface area contributed by atoms with E-state index in [0.29, 0.717) is 11.1 Å². The summed E-state index contributed by atoms with van der Waals surface area (Å²) in [6, 6.07) is 33.6. The van der Waals surface area contributed by atoms with Crippen LogP contribution in [0.1, 0.15) is 47.8 Å². The fourth-order valence-corrected chi connectivity index (χ4v) is 5.27. The summed E-state index contributed by atoms with van der Waals surface area (Å²) < 4.78 is 20.0. The van der Waals surface area contributed by atoms with Crippen LogP contribution < -0.4 is 10.1 Å². The molecule has 0 heterocycles. The van der Waals surface area contributed by atoms with Crippen molar-refractivity contribution in [3.05, 3.63) is 148 Å². The van der Waals surface area contributed by atoms with Crippen LogP contribution in [0.25, 0.3) is 22.3 Å². The lowest BCUT2D eigenvalue weighted by molar-refractivity contribution is -0.139. The van der Waals surface area contributed by atoms with Crippen molar-refractivity contribution in [2.45, 2.75) is 45.3 Å². The summed E-state index contributed by atoms with van der Waals surface area (Å²) in [6.45, 7) is 6.62. The third-order valence-corrected chi connectivity index (χ3v) is 8.09. The zero-order chi connectivity index (χ0) is 32.8. The highest BCUT2D eigenvalue weighted by Gasteiger charge is 2.24. The number of halogens is 2. The van der Waals surface area contributed by atoms with Gasteiger partial charge < -0.3 is 15.2 Å². The summed E-state index contributed by atoms with van der Waals surface area (Å²) >= 11 is 6.04. The van der Waals surface area contributed by atoms with Crippen molar-refractivity contribution in [1.82, 2.24) is 5.32 Å². The van der Waals surface area contributed by atoms with Crippen molar-refractivity contribution in [2.24, 2.45) is 0 Å². The molecule has 5 rings (SSSR count). The second-order valence-corrected chi connectivity index (χ2v) is 12.6. The van der Waals surface area contributed by atoms with Crippen LogP contribution in [0.3, 0.4) is 0 Å². The molecule has 0 aliphatic heterocycles. The fourth-order valence-electron chi connectivity index (χ4n) is 5.09. The zero-order valence-electron chi connectivity index (χ0n) is 25.9. The number of hydrogen-bond acceptors (Lipinski definition) is 3. The van der Waals surface area contributed by atoms with Gasteiger partial charge in [0.25, 0.3) is 5.91 Å². The molecular weight excluding hydrogens is 601 g/mol. The van der Waals surface area contributed by atoms with E-state index in [1.807, 2.05) is 66.7 Å². The summed E-state index contributed by atoms with van der Waals surface area (Å²) in [5, 5.41) is 12.7. The number of amides is 1. The lowest BCUT2D eigenvalue weighted by atomic mass is 9.87. The lowest BCUT2D eigenvalue weighted by Crippen LogP contribution is -2.42. The van der Waals surface area contributed by atoms with Crippen LogP contribution >= 0.6 is 11.6 Å². The summed E-state index contributed by atoms with van der Waals surface area (Å²) in [4.78, 5) is 26.1. The Kier molecular flexibility index (Phi) is 9.88. The molecule has 0 fully saturated rings. The number of benzene rings is 5. The minimum Gasteiger partial charge on any atom is -0.488 e. The molecule has 234 valence electrons. The number of ether oxygens (including phenoxy) is 1. The molecule has 2 N–H and O–H groups in total. The van der Waals surface area contributed by atoms with Gasteiger partial charge in [-0.25, -0.2) is 9.18 Å². The molecule has 0 unspecified atom stereocenters. The molecule has 0 aliphatic rings. The minimum atomic E-state index is -1.20. The maximum Gasteiger partial charge on any atom is 0.326 e. The Balaban J connectivity index is 1.39. The summed E-state index contributed by atoms with van der Waals surface area (Å²) in [5.74, 6) is -2.04. The number of carboxylic acid groups (broad SMARTS) is 1. The number of carboxylic acids is 1. The molecule has 0 radical (unpaired) electrons. The Morgan fingerprint density at radius 2 is 1.37 bits per heavy atom. The number of rotatable bonds is 10. The molecule has 5 aromatic carbocycles. The van der Waals surface area contributed by atoms with Crippen molar-refractivity contribution < 1.29 is 23.8 Å². The van der Waals surface area contributed by atoms with Crippen molar-refractivity contribution in [3.8, 4) is 28.0 Å². The van der Waals surface area contributed by atoms with Crippen molar-refractivity contribution in [1.29, 1.82) is 0 Å². The molecule has 0 spiro atoms. The van der Waals surface area contributed by atoms with E-state index < -0.39 is 23.7 Å².